The van der Waals surface area contributed by atoms with Crippen LogP contribution in [0.2, 0.25) is 0 Å². The summed E-state index contributed by atoms with van der Waals surface area (Å²) in [5, 5.41) is 12.1. The topological polar surface area (TPSA) is 66.8 Å². The molecule has 2 aromatic heterocycles. The third kappa shape index (κ3) is 6.40. The summed E-state index contributed by atoms with van der Waals surface area (Å²) >= 11 is 0. The summed E-state index contributed by atoms with van der Waals surface area (Å²) in [6.07, 6.45) is -4.46. The Morgan fingerprint density at radius 2 is 1.16 bits per heavy atom. The highest BCUT2D eigenvalue weighted by Gasteiger charge is 2.31. The van der Waals surface area contributed by atoms with Gasteiger partial charge in [0.1, 0.15) is 0 Å². The van der Waals surface area contributed by atoms with Gasteiger partial charge >= 0.3 is 6.18 Å². The summed E-state index contributed by atoms with van der Waals surface area (Å²) in [7, 11) is 0. The molecule has 0 radical (unpaired) electrons. The summed E-state index contributed by atoms with van der Waals surface area (Å²) in [5.74, 6) is 0. The molecule has 0 aliphatic carbocycles. The molecule has 270 valence electrons. The van der Waals surface area contributed by atoms with Crippen LogP contribution in [0.15, 0.2) is 152 Å². The number of hydrogen-bond acceptors (Lipinski definition) is 4. The second-order valence-corrected chi connectivity index (χ2v) is 13.8. The third-order valence-electron chi connectivity index (χ3n) is 10.1. The molecule has 0 aliphatic heterocycles. The van der Waals surface area contributed by atoms with Gasteiger partial charge in [-0.3, -0.25) is 0 Å². The standard InChI is InChI=1S/C49H28F3N5/c1-29-24-36(26-37(25-29)49(50,51)52)31-16-18-33(19-17-31)44-41-27-40(32-8-4-3-5-9-32)47-48(43(41)39-10-6-7-11-42(39)55-44)57-46(34-14-12-30(28-53)13-15-34)45(56-47)35-20-22-38(54-2)23-21-35/h3-27H,1H3. The van der Waals surface area contributed by atoms with E-state index in [-0.39, 0.29) is 0 Å². The number of benzene rings is 7. The molecule has 0 N–H and O–H groups in total. The van der Waals surface area contributed by atoms with Crippen molar-refractivity contribution in [2.75, 3.05) is 0 Å². The zero-order valence-electron chi connectivity index (χ0n) is 30.3. The van der Waals surface area contributed by atoms with Crippen LogP contribution in [-0.4, -0.2) is 15.0 Å². The number of nitriles is 1. The molecule has 57 heavy (non-hydrogen) atoms. The smallest absolute Gasteiger partial charge is 0.247 e. The van der Waals surface area contributed by atoms with Crippen LogP contribution in [0.3, 0.4) is 0 Å². The first-order valence-electron chi connectivity index (χ1n) is 18.1. The van der Waals surface area contributed by atoms with E-state index in [9.17, 15) is 18.4 Å². The van der Waals surface area contributed by atoms with Crippen molar-refractivity contribution in [2.24, 2.45) is 0 Å². The molecule has 0 aliphatic rings. The Hall–Kier alpha value is -7.68. The number of fused-ring (bicyclic) bond motifs is 5. The Bertz CT molecular complexity index is 3110. The number of para-hydroxylation sites is 1. The molecule has 9 aromatic rings. The fourth-order valence-corrected chi connectivity index (χ4v) is 7.42. The summed E-state index contributed by atoms with van der Waals surface area (Å²) < 4.78 is 41.2. The van der Waals surface area contributed by atoms with E-state index in [0.717, 1.165) is 55.6 Å². The third-order valence-corrected chi connectivity index (χ3v) is 10.1. The average Bonchev–Trinajstić information content (AvgIpc) is 3.25. The lowest BCUT2D eigenvalue weighted by Gasteiger charge is -2.18. The van der Waals surface area contributed by atoms with Gasteiger partial charge in [0.25, 0.3) is 0 Å². The molecule has 7 aromatic carbocycles. The van der Waals surface area contributed by atoms with Gasteiger partial charge in [0.15, 0.2) is 5.69 Å². The maximum Gasteiger partial charge on any atom is 0.416 e. The molecule has 0 spiro atoms. The van der Waals surface area contributed by atoms with E-state index < -0.39 is 11.7 Å². The highest BCUT2D eigenvalue weighted by Crippen LogP contribution is 2.43. The van der Waals surface area contributed by atoms with E-state index in [0.29, 0.717) is 56.1 Å². The van der Waals surface area contributed by atoms with Crippen molar-refractivity contribution in [1.29, 1.82) is 5.26 Å². The summed E-state index contributed by atoms with van der Waals surface area (Å²) in [4.78, 5) is 19.7. The normalized spacial score (nSPS) is 11.5. The fraction of sp³-hybridized carbons (Fsp3) is 0.0408. The largest absolute Gasteiger partial charge is 0.416 e. The van der Waals surface area contributed by atoms with Crippen LogP contribution in [0, 0.1) is 24.8 Å². The number of hydrogen-bond donors (Lipinski definition) is 0. The van der Waals surface area contributed by atoms with Gasteiger partial charge in [0, 0.05) is 32.8 Å². The number of aromatic nitrogens is 3. The van der Waals surface area contributed by atoms with E-state index in [1.165, 1.54) is 6.07 Å². The molecule has 5 nitrogen and oxygen atoms in total. The molecule has 0 bridgehead atoms. The predicted molar refractivity (Wildman–Crippen MR) is 220 cm³/mol. The van der Waals surface area contributed by atoms with Crippen LogP contribution in [0.4, 0.5) is 18.9 Å². The van der Waals surface area contributed by atoms with Gasteiger partial charge in [-0.15, -0.1) is 0 Å². The Morgan fingerprint density at radius 1 is 0.561 bits per heavy atom. The van der Waals surface area contributed by atoms with Crippen molar-refractivity contribution in [2.45, 2.75) is 13.1 Å². The zero-order valence-corrected chi connectivity index (χ0v) is 30.3. The fourth-order valence-electron chi connectivity index (χ4n) is 7.42. The molecular weight excluding hydrogens is 716 g/mol. The van der Waals surface area contributed by atoms with E-state index in [4.69, 9.17) is 21.5 Å². The first-order valence-corrected chi connectivity index (χ1v) is 18.1. The second-order valence-electron chi connectivity index (χ2n) is 13.8. The Labute approximate surface area is 325 Å². The van der Waals surface area contributed by atoms with Gasteiger partial charge < -0.3 is 0 Å². The summed E-state index contributed by atoms with van der Waals surface area (Å²) in [6, 6.07) is 48.2. The molecular formula is C49H28F3N5. The Balaban J connectivity index is 1.36. The Morgan fingerprint density at radius 3 is 1.82 bits per heavy atom. The molecule has 2 heterocycles. The minimum Gasteiger partial charge on any atom is -0.247 e. The number of halogens is 3. The van der Waals surface area contributed by atoms with Crippen LogP contribution in [-0.2, 0) is 6.18 Å². The minimum absolute atomic E-state index is 0.479. The van der Waals surface area contributed by atoms with Gasteiger partial charge in [-0.05, 0) is 71.1 Å². The monoisotopic (exact) mass is 743 g/mol. The molecule has 0 saturated carbocycles. The van der Waals surface area contributed by atoms with Crippen LogP contribution in [0.25, 0.3) is 93.6 Å². The molecule has 0 atom stereocenters. The number of alkyl halides is 3. The van der Waals surface area contributed by atoms with E-state index in [2.05, 4.69) is 17.0 Å². The minimum atomic E-state index is -4.46. The molecule has 0 unspecified atom stereocenters. The van der Waals surface area contributed by atoms with E-state index >= 15 is 0 Å². The molecule has 9 rings (SSSR count). The maximum atomic E-state index is 13.7. The first kappa shape index (κ1) is 35.0. The van der Waals surface area contributed by atoms with Gasteiger partial charge in [0.05, 0.1) is 57.4 Å². The first-order chi connectivity index (χ1) is 27.7. The molecule has 0 saturated heterocycles. The van der Waals surface area contributed by atoms with Crippen molar-refractivity contribution in [3.63, 3.8) is 0 Å². The molecule has 0 amide bonds. The lowest BCUT2D eigenvalue weighted by Crippen LogP contribution is -2.05. The lowest BCUT2D eigenvalue weighted by atomic mass is 9.92. The van der Waals surface area contributed by atoms with Crippen LogP contribution in [0.1, 0.15) is 16.7 Å². The van der Waals surface area contributed by atoms with Crippen molar-refractivity contribution < 1.29 is 13.2 Å². The van der Waals surface area contributed by atoms with Gasteiger partial charge in [-0.2, -0.15) is 18.4 Å². The zero-order chi connectivity index (χ0) is 39.3. The lowest BCUT2D eigenvalue weighted by molar-refractivity contribution is -0.137. The maximum absolute atomic E-state index is 13.7. The SMILES string of the molecule is [C-]#[N+]c1ccc(-c2nc3c(-c4ccccc4)cc4c(-c5ccc(-c6cc(C)cc(C(F)(F)F)c6)cc5)nc5ccccc5c4c3nc2-c2ccc(C#N)cc2)cc1. The highest BCUT2D eigenvalue weighted by atomic mass is 19.4. The predicted octanol–water partition coefficient (Wildman–Crippen LogP) is 13.4. The van der Waals surface area contributed by atoms with E-state index in [1.807, 2.05) is 103 Å². The van der Waals surface area contributed by atoms with Crippen molar-refractivity contribution in [3.05, 3.63) is 180 Å². The van der Waals surface area contributed by atoms with Crippen molar-refractivity contribution >= 4 is 38.4 Å². The van der Waals surface area contributed by atoms with E-state index in [1.54, 1.807) is 37.3 Å². The molecule has 0 fully saturated rings. The number of pyridine rings is 1. The second kappa shape index (κ2) is 13.9. The van der Waals surface area contributed by atoms with Crippen LogP contribution >= 0.6 is 0 Å². The van der Waals surface area contributed by atoms with Gasteiger partial charge in [0.2, 0.25) is 0 Å². The van der Waals surface area contributed by atoms with Crippen LogP contribution < -0.4 is 0 Å². The average molecular weight is 744 g/mol. The highest BCUT2D eigenvalue weighted by molar-refractivity contribution is 6.24. The van der Waals surface area contributed by atoms with Crippen LogP contribution in [0.5, 0.6) is 0 Å². The molecule has 8 heteroatoms. The summed E-state index contributed by atoms with van der Waals surface area (Å²) in [6.45, 7) is 9.16. The Kier molecular flexibility index (Phi) is 8.53. The number of nitrogens with zero attached hydrogens (tertiary/aromatic N) is 5. The summed E-state index contributed by atoms with van der Waals surface area (Å²) in [5.41, 5.74) is 10.1. The number of aryl methyl sites for hydroxylation is 1. The van der Waals surface area contributed by atoms with Gasteiger partial charge in [-0.25, -0.2) is 19.8 Å². The quantitative estimate of drug-likeness (QED) is 0.130. The van der Waals surface area contributed by atoms with Gasteiger partial charge in [-0.1, -0.05) is 115 Å². The number of rotatable bonds is 5. The van der Waals surface area contributed by atoms with Crippen molar-refractivity contribution in [3.8, 4) is 62.1 Å². The van der Waals surface area contributed by atoms with Crippen molar-refractivity contribution in [1.82, 2.24) is 15.0 Å².